The Morgan fingerprint density at radius 1 is 0.867 bits per heavy atom. The zero-order chi connectivity index (χ0) is 20.9. The second kappa shape index (κ2) is 9.09. The van der Waals surface area contributed by atoms with Crippen molar-refractivity contribution in [1.82, 2.24) is 4.90 Å². The molecule has 0 saturated carbocycles. The molecule has 0 radical (unpaired) electrons. The summed E-state index contributed by atoms with van der Waals surface area (Å²) < 4.78 is 14.1. The highest BCUT2D eigenvalue weighted by molar-refractivity contribution is 5.98. The number of nitrogens with one attached hydrogen (secondary N) is 1. The van der Waals surface area contributed by atoms with E-state index in [0.717, 1.165) is 16.8 Å². The van der Waals surface area contributed by atoms with Crippen LogP contribution >= 0.6 is 0 Å². The lowest BCUT2D eigenvalue weighted by Gasteiger charge is -2.38. The number of anilines is 2. The summed E-state index contributed by atoms with van der Waals surface area (Å²) in [6, 6.07) is 24.5. The van der Waals surface area contributed by atoms with Gasteiger partial charge in [-0.1, -0.05) is 60.7 Å². The molecule has 0 bridgehead atoms. The fourth-order valence-electron chi connectivity index (χ4n) is 3.92. The first kappa shape index (κ1) is 20.1. The largest absolute Gasteiger partial charge is 0.367 e. The van der Waals surface area contributed by atoms with E-state index in [-0.39, 0.29) is 17.8 Å². The van der Waals surface area contributed by atoms with Crippen molar-refractivity contribution in [3.05, 3.63) is 84.7 Å². The molecule has 5 heteroatoms. The maximum Gasteiger partial charge on any atom is 0.241 e. The van der Waals surface area contributed by atoms with Gasteiger partial charge in [0, 0.05) is 37.4 Å². The van der Waals surface area contributed by atoms with Crippen molar-refractivity contribution in [2.45, 2.75) is 13.0 Å². The highest BCUT2D eigenvalue weighted by atomic mass is 19.1. The number of para-hydroxylation sites is 2. The van der Waals surface area contributed by atoms with Crippen molar-refractivity contribution in [3.8, 4) is 11.1 Å². The number of hydrogen-bond donors (Lipinski definition) is 1. The number of nitrogens with zero attached hydrogens (tertiary/aromatic N) is 2. The van der Waals surface area contributed by atoms with E-state index in [1.165, 1.54) is 6.07 Å². The molecule has 1 N–H and O–H groups in total. The van der Waals surface area contributed by atoms with Crippen molar-refractivity contribution in [2.24, 2.45) is 0 Å². The maximum absolute atomic E-state index is 14.1. The summed E-state index contributed by atoms with van der Waals surface area (Å²) in [5.41, 5.74) is 3.51. The Bertz CT molecular complexity index is 1000. The number of carbonyl (C=O) groups excluding carboxylic acids is 1. The topological polar surface area (TPSA) is 35.6 Å². The predicted octanol–water partition coefficient (Wildman–Crippen LogP) is 4.64. The summed E-state index contributed by atoms with van der Waals surface area (Å²) in [5.74, 6) is -0.230. The zero-order valence-corrected chi connectivity index (χ0v) is 17.1. The molecule has 1 heterocycles. The quantitative estimate of drug-likeness (QED) is 0.674. The van der Waals surface area contributed by atoms with E-state index in [0.29, 0.717) is 31.9 Å². The van der Waals surface area contributed by atoms with Crippen LogP contribution in [0.5, 0.6) is 0 Å². The predicted molar refractivity (Wildman–Crippen MR) is 120 cm³/mol. The van der Waals surface area contributed by atoms with Crippen LogP contribution in [0.25, 0.3) is 11.1 Å². The minimum Gasteiger partial charge on any atom is -0.367 e. The summed E-state index contributed by atoms with van der Waals surface area (Å²) in [6.45, 7) is 4.74. The minimum absolute atomic E-state index is 0.0299. The zero-order valence-electron chi connectivity index (χ0n) is 17.1. The molecule has 154 valence electrons. The van der Waals surface area contributed by atoms with Gasteiger partial charge < -0.3 is 10.2 Å². The Morgan fingerprint density at radius 3 is 2.23 bits per heavy atom. The van der Waals surface area contributed by atoms with Gasteiger partial charge in [-0.2, -0.15) is 0 Å². The average Bonchev–Trinajstić information content (AvgIpc) is 2.80. The molecule has 4 nitrogen and oxygen atoms in total. The first-order valence-electron chi connectivity index (χ1n) is 10.3. The SMILES string of the molecule is CC(C(=O)Nc1ccccc1-c1ccccc1)N1CCN(c2ccccc2F)CC1. The van der Waals surface area contributed by atoms with Crippen LogP contribution < -0.4 is 10.2 Å². The normalized spacial score (nSPS) is 15.6. The van der Waals surface area contributed by atoms with Crippen LogP contribution in [0.1, 0.15) is 6.92 Å². The molecule has 1 aliphatic rings. The number of amides is 1. The molecule has 0 spiro atoms. The molecular formula is C25H26FN3O. The van der Waals surface area contributed by atoms with Gasteiger partial charge in [0.2, 0.25) is 5.91 Å². The summed E-state index contributed by atoms with van der Waals surface area (Å²) in [6.07, 6.45) is 0. The highest BCUT2D eigenvalue weighted by Gasteiger charge is 2.27. The molecule has 1 saturated heterocycles. The Kier molecular flexibility index (Phi) is 6.10. The van der Waals surface area contributed by atoms with Gasteiger partial charge in [0.15, 0.2) is 0 Å². The lowest BCUT2D eigenvalue weighted by Crippen LogP contribution is -2.53. The van der Waals surface area contributed by atoms with Gasteiger partial charge in [-0.3, -0.25) is 9.69 Å². The van der Waals surface area contributed by atoms with E-state index >= 15 is 0 Å². The molecular weight excluding hydrogens is 377 g/mol. The van der Waals surface area contributed by atoms with E-state index < -0.39 is 0 Å². The number of piperazine rings is 1. The third-order valence-electron chi connectivity index (χ3n) is 5.70. The molecule has 3 aromatic carbocycles. The number of benzene rings is 3. The number of halogens is 1. The summed E-state index contributed by atoms with van der Waals surface area (Å²) >= 11 is 0. The lowest BCUT2D eigenvalue weighted by atomic mass is 10.0. The summed E-state index contributed by atoms with van der Waals surface area (Å²) in [5, 5.41) is 3.10. The molecule has 1 aliphatic heterocycles. The number of hydrogen-bond acceptors (Lipinski definition) is 3. The van der Waals surface area contributed by atoms with E-state index in [2.05, 4.69) is 10.2 Å². The molecule has 1 fully saturated rings. The van der Waals surface area contributed by atoms with E-state index in [4.69, 9.17) is 0 Å². The minimum atomic E-state index is -0.267. The van der Waals surface area contributed by atoms with Crippen molar-refractivity contribution in [3.63, 3.8) is 0 Å². The Balaban J connectivity index is 1.40. The lowest BCUT2D eigenvalue weighted by molar-refractivity contribution is -0.120. The van der Waals surface area contributed by atoms with Crippen molar-refractivity contribution in [1.29, 1.82) is 0 Å². The van der Waals surface area contributed by atoms with Gasteiger partial charge >= 0.3 is 0 Å². The molecule has 1 unspecified atom stereocenters. The second-order valence-electron chi connectivity index (χ2n) is 7.55. The van der Waals surface area contributed by atoms with Gasteiger partial charge in [0.05, 0.1) is 11.7 Å². The first-order chi connectivity index (χ1) is 14.6. The van der Waals surface area contributed by atoms with Gasteiger partial charge in [-0.15, -0.1) is 0 Å². The summed E-state index contributed by atoms with van der Waals surface area (Å²) in [7, 11) is 0. The van der Waals surface area contributed by atoms with E-state index in [1.807, 2.05) is 78.6 Å². The van der Waals surface area contributed by atoms with Gasteiger partial charge in [0.1, 0.15) is 5.82 Å². The second-order valence-corrected chi connectivity index (χ2v) is 7.55. The Morgan fingerprint density at radius 2 is 1.50 bits per heavy atom. The van der Waals surface area contributed by atoms with Crippen molar-refractivity contribution in [2.75, 3.05) is 36.4 Å². The monoisotopic (exact) mass is 403 g/mol. The van der Waals surface area contributed by atoms with Crippen LogP contribution in [0, 0.1) is 5.82 Å². The average molecular weight is 404 g/mol. The fourth-order valence-corrected chi connectivity index (χ4v) is 3.92. The molecule has 30 heavy (non-hydrogen) atoms. The van der Waals surface area contributed by atoms with Crippen LogP contribution in [-0.2, 0) is 4.79 Å². The first-order valence-corrected chi connectivity index (χ1v) is 10.3. The Hall–Kier alpha value is -3.18. The van der Waals surface area contributed by atoms with Crippen LogP contribution in [-0.4, -0.2) is 43.0 Å². The highest BCUT2D eigenvalue weighted by Crippen LogP contribution is 2.28. The van der Waals surface area contributed by atoms with Gasteiger partial charge in [-0.25, -0.2) is 4.39 Å². The Labute approximate surface area is 176 Å². The van der Waals surface area contributed by atoms with Gasteiger partial charge in [0.25, 0.3) is 0 Å². The van der Waals surface area contributed by atoms with Crippen LogP contribution in [0.15, 0.2) is 78.9 Å². The maximum atomic E-state index is 14.1. The molecule has 1 atom stereocenters. The number of rotatable bonds is 5. The fraction of sp³-hybridized carbons (Fsp3) is 0.240. The molecule has 3 aromatic rings. The van der Waals surface area contributed by atoms with Crippen LogP contribution in [0.3, 0.4) is 0 Å². The van der Waals surface area contributed by atoms with Crippen LogP contribution in [0.2, 0.25) is 0 Å². The van der Waals surface area contributed by atoms with E-state index in [1.54, 1.807) is 6.07 Å². The van der Waals surface area contributed by atoms with Crippen molar-refractivity contribution >= 4 is 17.3 Å². The summed E-state index contributed by atoms with van der Waals surface area (Å²) in [4.78, 5) is 17.2. The molecule has 4 rings (SSSR count). The third kappa shape index (κ3) is 4.36. The number of carbonyl (C=O) groups is 1. The molecule has 0 aliphatic carbocycles. The third-order valence-corrected chi connectivity index (χ3v) is 5.70. The smallest absolute Gasteiger partial charge is 0.241 e. The standard InChI is InChI=1S/C25H26FN3O/c1-19(28-15-17-29(18-16-28)24-14-8-6-12-22(24)26)25(30)27-23-13-7-5-11-21(23)20-9-3-2-4-10-20/h2-14,19H,15-18H2,1H3,(H,27,30). The van der Waals surface area contributed by atoms with Crippen LogP contribution in [0.4, 0.5) is 15.8 Å². The van der Waals surface area contributed by atoms with Gasteiger partial charge in [-0.05, 0) is 30.7 Å². The van der Waals surface area contributed by atoms with E-state index in [9.17, 15) is 9.18 Å². The van der Waals surface area contributed by atoms with Crippen molar-refractivity contribution < 1.29 is 9.18 Å². The molecule has 1 amide bonds. The molecule has 0 aromatic heterocycles.